The van der Waals surface area contributed by atoms with Crippen molar-refractivity contribution in [2.45, 2.75) is 29.3 Å². The van der Waals surface area contributed by atoms with Crippen LogP contribution in [-0.4, -0.2) is 54.6 Å². The average Bonchev–Trinajstić information content (AvgIpc) is 2.86. The Balaban J connectivity index is 2.12. The predicted molar refractivity (Wildman–Crippen MR) is 67.8 cm³/mol. The molecule has 2 aliphatic heterocycles. The first-order chi connectivity index (χ1) is 9.86. The van der Waals surface area contributed by atoms with Crippen LogP contribution in [0.5, 0.6) is 0 Å². The number of nitrogens with one attached hydrogen (secondary N) is 1. The molecule has 4 N–H and O–H groups in total. The molecule has 0 bridgehead atoms. The lowest BCUT2D eigenvalue weighted by molar-refractivity contribution is -0.0235. The molecule has 0 aromatic heterocycles. The number of sulfonamides is 1. The Hall–Kier alpha value is -1.52. The van der Waals surface area contributed by atoms with E-state index in [1.807, 2.05) is 4.72 Å². The van der Waals surface area contributed by atoms with Crippen molar-refractivity contribution < 1.29 is 33.3 Å². The largest absolute Gasteiger partial charge is 0.394 e. The molecule has 2 aliphatic rings. The molecule has 1 fully saturated rings. The molecule has 8 nitrogen and oxygen atoms in total. The first kappa shape index (κ1) is 14.4. The van der Waals surface area contributed by atoms with Crippen molar-refractivity contribution >= 4 is 15.9 Å². The Kier molecular flexibility index (Phi) is 3.26. The number of carbonyl (C=O) groups excluding carboxylic acids is 1. The lowest BCUT2D eigenvalue weighted by Gasteiger charge is -2.17. The van der Waals surface area contributed by atoms with Crippen LogP contribution in [0.4, 0.5) is 0 Å². The van der Waals surface area contributed by atoms with E-state index in [9.17, 15) is 23.4 Å². The molecule has 3 rings (SSSR count). The van der Waals surface area contributed by atoms with Gasteiger partial charge < -0.3 is 20.1 Å². The lowest BCUT2D eigenvalue weighted by Crippen LogP contribution is -2.32. The molecule has 4 atom stereocenters. The third kappa shape index (κ3) is 2.05. The normalized spacial score (nSPS) is 33.8. The summed E-state index contributed by atoms with van der Waals surface area (Å²) in [7, 11) is -4.02. The van der Waals surface area contributed by atoms with Gasteiger partial charge in [-0.3, -0.25) is 4.79 Å². The number of amides is 1. The summed E-state index contributed by atoms with van der Waals surface area (Å²) in [4.78, 5) is 11.4. The van der Waals surface area contributed by atoms with Crippen molar-refractivity contribution in [3.8, 4) is 0 Å². The second-order valence-electron chi connectivity index (χ2n) is 4.92. The maximum absolute atomic E-state index is 12.0. The quantitative estimate of drug-likeness (QED) is 0.510. The fourth-order valence-corrected chi connectivity index (χ4v) is 4.04. The summed E-state index contributed by atoms with van der Waals surface area (Å²) in [5, 5.41) is 28.8. The van der Waals surface area contributed by atoms with Crippen LogP contribution in [0.1, 0.15) is 22.0 Å². The van der Waals surface area contributed by atoms with Crippen LogP contribution in [0.3, 0.4) is 0 Å². The first-order valence-corrected chi connectivity index (χ1v) is 7.67. The topological polar surface area (TPSA) is 133 Å². The molecule has 114 valence electrons. The summed E-state index contributed by atoms with van der Waals surface area (Å²) in [5.41, 5.74) is 0.0404. The van der Waals surface area contributed by atoms with E-state index in [0.717, 1.165) is 0 Å². The van der Waals surface area contributed by atoms with Crippen LogP contribution in [0.2, 0.25) is 0 Å². The zero-order chi connectivity index (χ0) is 15.4. The van der Waals surface area contributed by atoms with Crippen LogP contribution < -0.4 is 4.72 Å². The Morgan fingerprint density at radius 3 is 2.57 bits per heavy atom. The molecule has 1 unspecified atom stereocenters. The monoisotopic (exact) mass is 315 g/mol. The van der Waals surface area contributed by atoms with Gasteiger partial charge in [0.05, 0.1) is 12.2 Å². The minimum atomic E-state index is -4.02. The number of hydrogen-bond acceptors (Lipinski definition) is 7. The fraction of sp³-hybridized carbons (Fsp3) is 0.417. The molecule has 1 aromatic carbocycles. The number of aliphatic hydroxyl groups excluding tert-OH is 3. The maximum Gasteiger partial charge on any atom is 0.266 e. The molecule has 1 amide bonds. The number of carbonyl (C=O) groups is 1. The van der Waals surface area contributed by atoms with Gasteiger partial charge in [-0.15, -0.1) is 0 Å². The summed E-state index contributed by atoms with van der Waals surface area (Å²) in [6.07, 6.45) is -4.91. The second-order valence-corrected chi connectivity index (χ2v) is 6.54. The van der Waals surface area contributed by atoms with Gasteiger partial charge in [0.15, 0.2) is 0 Å². The highest BCUT2D eigenvalue weighted by Crippen LogP contribution is 2.39. The van der Waals surface area contributed by atoms with Crippen LogP contribution in [-0.2, 0) is 14.8 Å². The lowest BCUT2D eigenvalue weighted by atomic mass is 9.99. The van der Waals surface area contributed by atoms with Gasteiger partial charge in [-0.25, -0.2) is 13.1 Å². The van der Waals surface area contributed by atoms with Crippen molar-refractivity contribution in [1.82, 2.24) is 4.72 Å². The van der Waals surface area contributed by atoms with Crippen molar-refractivity contribution in [3.63, 3.8) is 0 Å². The Morgan fingerprint density at radius 2 is 1.95 bits per heavy atom. The molecule has 0 radical (unpaired) electrons. The molecule has 1 saturated heterocycles. The Labute approximate surface area is 120 Å². The molecule has 0 spiro atoms. The average molecular weight is 315 g/mol. The predicted octanol–water partition coefficient (Wildman–Crippen LogP) is -1.73. The van der Waals surface area contributed by atoms with Gasteiger partial charge in [-0.2, -0.15) is 0 Å². The number of hydrogen-bond donors (Lipinski definition) is 4. The van der Waals surface area contributed by atoms with Gasteiger partial charge in [-0.1, -0.05) is 12.1 Å². The van der Waals surface area contributed by atoms with Gasteiger partial charge >= 0.3 is 0 Å². The second kappa shape index (κ2) is 4.75. The summed E-state index contributed by atoms with van der Waals surface area (Å²) < 4.78 is 31.2. The number of ether oxygens (including phenoxy) is 1. The molecule has 1 aromatic rings. The highest BCUT2D eigenvalue weighted by molar-refractivity contribution is 7.90. The molecule has 0 saturated carbocycles. The van der Waals surface area contributed by atoms with Crippen LogP contribution in [0.15, 0.2) is 23.1 Å². The number of benzene rings is 1. The standard InChI is InChI=1S/C12H13NO7S/c14-4-7-8(15)9(16)10(20-7)5-2-1-3-6-11(5)21(18,19)13-12(6)17/h1-3,7-10,14-16H,4H2,(H,13,17)/t7-,8-,9-,10?/m1/s1. The highest BCUT2D eigenvalue weighted by atomic mass is 32.2. The fourth-order valence-electron chi connectivity index (χ4n) is 2.64. The number of rotatable bonds is 2. The minimum absolute atomic E-state index is 0.0368. The summed E-state index contributed by atoms with van der Waals surface area (Å²) in [6.45, 7) is -0.520. The smallest absolute Gasteiger partial charge is 0.266 e. The van der Waals surface area contributed by atoms with E-state index in [1.54, 1.807) is 0 Å². The van der Waals surface area contributed by atoms with E-state index in [-0.39, 0.29) is 16.0 Å². The van der Waals surface area contributed by atoms with Crippen molar-refractivity contribution in [2.75, 3.05) is 6.61 Å². The zero-order valence-electron chi connectivity index (χ0n) is 10.6. The van der Waals surface area contributed by atoms with E-state index in [0.29, 0.717) is 0 Å². The zero-order valence-corrected chi connectivity index (χ0v) is 11.4. The SMILES string of the molecule is O=C1NS(=O)(=O)c2c1cccc2C1O[C@H](CO)[C@@H](O)[C@H]1O. The molecular formula is C12H13NO7S. The van der Waals surface area contributed by atoms with Crippen LogP contribution in [0, 0.1) is 0 Å². The van der Waals surface area contributed by atoms with Crippen LogP contribution in [0.25, 0.3) is 0 Å². The first-order valence-electron chi connectivity index (χ1n) is 6.19. The maximum atomic E-state index is 12.0. The van der Waals surface area contributed by atoms with E-state index in [2.05, 4.69) is 0 Å². The number of fused-ring (bicyclic) bond motifs is 1. The van der Waals surface area contributed by atoms with Crippen molar-refractivity contribution in [3.05, 3.63) is 29.3 Å². The highest BCUT2D eigenvalue weighted by Gasteiger charge is 2.46. The Bertz CT molecular complexity index is 702. The Morgan fingerprint density at radius 1 is 1.24 bits per heavy atom. The van der Waals surface area contributed by atoms with Gasteiger partial charge in [0.2, 0.25) is 0 Å². The van der Waals surface area contributed by atoms with E-state index >= 15 is 0 Å². The van der Waals surface area contributed by atoms with Crippen LogP contribution >= 0.6 is 0 Å². The third-order valence-corrected chi connectivity index (χ3v) is 5.08. The number of aliphatic hydroxyl groups is 3. The third-order valence-electron chi connectivity index (χ3n) is 3.63. The summed E-state index contributed by atoms with van der Waals surface area (Å²) in [6, 6.07) is 4.21. The molecule has 0 aliphatic carbocycles. The van der Waals surface area contributed by atoms with Crippen molar-refractivity contribution in [1.29, 1.82) is 0 Å². The van der Waals surface area contributed by atoms with Gasteiger partial charge in [0, 0.05) is 5.56 Å². The van der Waals surface area contributed by atoms with Gasteiger partial charge in [0.1, 0.15) is 29.3 Å². The van der Waals surface area contributed by atoms with Gasteiger partial charge in [-0.05, 0) is 6.07 Å². The van der Waals surface area contributed by atoms with Gasteiger partial charge in [0.25, 0.3) is 15.9 Å². The molecular weight excluding hydrogens is 302 g/mol. The summed E-state index contributed by atoms with van der Waals surface area (Å²) in [5.74, 6) is -0.751. The van der Waals surface area contributed by atoms with E-state index < -0.39 is 47.0 Å². The molecule has 21 heavy (non-hydrogen) atoms. The van der Waals surface area contributed by atoms with Crippen molar-refractivity contribution in [2.24, 2.45) is 0 Å². The molecule has 2 heterocycles. The molecule has 9 heteroatoms. The minimum Gasteiger partial charge on any atom is -0.394 e. The summed E-state index contributed by atoms with van der Waals surface area (Å²) >= 11 is 0. The van der Waals surface area contributed by atoms with E-state index in [4.69, 9.17) is 9.84 Å². The van der Waals surface area contributed by atoms with E-state index in [1.165, 1.54) is 18.2 Å².